The lowest BCUT2D eigenvalue weighted by atomic mass is 10.1. The summed E-state index contributed by atoms with van der Waals surface area (Å²) < 4.78 is 23.9. The number of nitro benzene ring substituents is 1. The topological polar surface area (TPSA) is 81.8 Å². The summed E-state index contributed by atoms with van der Waals surface area (Å²) in [6.45, 7) is 1.58. The number of nitro groups is 1. The van der Waals surface area contributed by atoms with Gasteiger partial charge in [-0.15, -0.1) is 0 Å². The average molecular weight is 321 g/mol. The van der Waals surface area contributed by atoms with Crippen LogP contribution in [-0.2, 0) is 0 Å². The molecule has 0 fully saturated rings. The Morgan fingerprint density at radius 2 is 2.00 bits per heavy atom. The van der Waals surface area contributed by atoms with Gasteiger partial charge in [-0.3, -0.25) is 10.1 Å². The Morgan fingerprint density at radius 1 is 1.26 bits per heavy atom. The van der Waals surface area contributed by atoms with E-state index in [9.17, 15) is 19.6 Å². The number of hydrogen-bond acceptors (Lipinski definition) is 5. The van der Waals surface area contributed by atoms with E-state index >= 15 is 0 Å². The van der Waals surface area contributed by atoms with Crippen molar-refractivity contribution < 1.29 is 23.9 Å². The molecule has 7 heteroatoms. The van der Waals surface area contributed by atoms with Crippen LogP contribution in [0.3, 0.4) is 0 Å². The van der Waals surface area contributed by atoms with Crippen LogP contribution in [0.2, 0.25) is 0 Å². The number of benzene rings is 2. The molecule has 2 rings (SSSR count). The summed E-state index contributed by atoms with van der Waals surface area (Å²) in [6, 6.07) is 8.32. The summed E-state index contributed by atoms with van der Waals surface area (Å²) in [5.41, 5.74) is 0.922. The van der Waals surface area contributed by atoms with Gasteiger partial charge in [0.15, 0.2) is 11.6 Å². The van der Waals surface area contributed by atoms with E-state index in [0.29, 0.717) is 16.9 Å². The van der Waals surface area contributed by atoms with Gasteiger partial charge in [0.25, 0.3) is 5.69 Å². The smallest absolute Gasteiger partial charge is 0.273 e. The zero-order valence-electron chi connectivity index (χ0n) is 12.7. The van der Waals surface area contributed by atoms with E-state index in [1.165, 1.54) is 31.4 Å². The predicted octanol–water partition coefficient (Wildman–Crippen LogP) is 3.16. The maximum absolute atomic E-state index is 13.6. The van der Waals surface area contributed by atoms with E-state index in [1.54, 1.807) is 13.0 Å². The largest absolute Gasteiger partial charge is 0.494 e. The molecule has 23 heavy (non-hydrogen) atoms. The highest BCUT2D eigenvalue weighted by molar-refractivity contribution is 5.43. The molecule has 0 heterocycles. The number of nitrogens with zero attached hydrogens (tertiary/aromatic N) is 1. The van der Waals surface area contributed by atoms with Crippen LogP contribution in [0.5, 0.6) is 11.5 Å². The first-order valence-electron chi connectivity index (χ1n) is 6.81. The van der Waals surface area contributed by atoms with Gasteiger partial charge in [0, 0.05) is 6.07 Å². The molecule has 2 aromatic rings. The molecule has 6 nitrogen and oxygen atoms in total. The minimum atomic E-state index is -1.07. The standard InChI is InChI=1S/C16H16FNO5/c1-10-3-5-12(18(20)21)8-16(10)23-9-14(19)11-4-6-15(22-2)13(17)7-11/h3-8,14,19H,9H2,1-2H3. The van der Waals surface area contributed by atoms with Crippen molar-refractivity contribution in [2.75, 3.05) is 13.7 Å². The highest BCUT2D eigenvalue weighted by Gasteiger charge is 2.14. The number of aliphatic hydroxyl groups excluding tert-OH is 1. The SMILES string of the molecule is COc1ccc(C(O)COc2cc([N+](=O)[O-])ccc2C)cc1F. The molecule has 0 aliphatic carbocycles. The average Bonchev–Trinajstić information content (AvgIpc) is 2.53. The van der Waals surface area contributed by atoms with Crippen molar-refractivity contribution in [2.24, 2.45) is 0 Å². The van der Waals surface area contributed by atoms with Gasteiger partial charge < -0.3 is 14.6 Å². The molecular weight excluding hydrogens is 305 g/mol. The van der Waals surface area contributed by atoms with Crippen LogP contribution in [0.25, 0.3) is 0 Å². The van der Waals surface area contributed by atoms with Crippen LogP contribution in [0.15, 0.2) is 36.4 Å². The van der Waals surface area contributed by atoms with E-state index in [4.69, 9.17) is 9.47 Å². The fraction of sp³-hybridized carbons (Fsp3) is 0.250. The molecule has 1 unspecified atom stereocenters. The van der Waals surface area contributed by atoms with Gasteiger partial charge in [0.05, 0.1) is 18.1 Å². The number of aliphatic hydroxyl groups is 1. The maximum atomic E-state index is 13.6. The molecule has 0 spiro atoms. The van der Waals surface area contributed by atoms with Crippen molar-refractivity contribution >= 4 is 5.69 Å². The van der Waals surface area contributed by atoms with Crippen molar-refractivity contribution in [3.05, 3.63) is 63.5 Å². The fourth-order valence-corrected chi connectivity index (χ4v) is 2.01. The summed E-state index contributed by atoms with van der Waals surface area (Å²) in [5, 5.41) is 20.8. The van der Waals surface area contributed by atoms with E-state index in [2.05, 4.69) is 0 Å². The van der Waals surface area contributed by atoms with Crippen molar-refractivity contribution in [2.45, 2.75) is 13.0 Å². The molecule has 0 aliphatic rings. The fourth-order valence-electron chi connectivity index (χ4n) is 2.01. The summed E-state index contributed by atoms with van der Waals surface area (Å²) >= 11 is 0. The summed E-state index contributed by atoms with van der Waals surface area (Å²) in [5.74, 6) is -0.209. The number of non-ortho nitro benzene ring substituents is 1. The minimum Gasteiger partial charge on any atom is -0.494 e. The molecule has 0 aromatic heterocycles. The van der Waals surface area contributed by atoms with Crippen molar-refractivity contribution in [3.63, 3.8) is 0 Å². The monoisotopic (exact) mass is 321 g/mol. The third-order valence-corrected chi connectivity index (χ3v) is 3.34. The lowest BCUT2D eigenvalue weighted by Gasteiger charge is -2.14. The third-order valence-electron chi connectivity index (χ3n) is 3.34. The Balaban J connectivity index is 2.10. The summed E-state index contributed by atoms with van der Waals surface area (Å²) in [4.78, 5) is 10.2. The first-order valence-corrected chi connectivity index (χ1v) is 6.81. The first kappa shape index (κ1) is 16.7. The maximum Gasteiger partial charge on any atom is 0.273 e. The first-order chi connectivity index (χ1) is 10.9. The normalized spacial score (nSPS) is 11.8. The van der Waals surface area contributed by atoms with Gasteiger partial charge >= 0.3 is 0 Å². The molecule has 1 N–H and O–H groups in total. The van der Waals surface area contributed by atoms with E-state index in [1.807, 2.05) is 0 Å². The number of aryl methyl sites for hydroxylation is 1. The number of ether oxygens (including phenoxy) is 2. The van der Waals surface area contributed by atoms with Gasteiger partial charge in [0.1, 0.15) is 18.5 Å². The van der Waals surface area contributed by atoms with Gasteiger partial charge in [-0.1, -0.05) is 6.07 Å². The Morgan fingerprint density at radius 3 is 2.61 bits per heavy atom. The van der Waals surface area contributed by atoms with Crippen LogP contribution in [0.1, 0.15) is 17.2 Å². The molecule has 0 saturated heterocycles. The van der Waals surface area contributed by atoms with E-state index in [0.717, 1.165) is 6.07 Å². The highest BCUT2D eigenvalue weighted by atomic mass is 19.1. The molecule has 0 aliphatic heterocycles. The predicted molar refractivity (Wildman–Crippen MR) is 81.2 cm³/mol. The Hall–Kier alpha value is -2.67. The lowest BCUT2D eigenvalue weighted by Crippen LogP contribution is -2.11. The van der Waals surface area contributed by atoms with Crippen LogP contribution in [0.4, 0.5) is 10.1 Å². The Labute approximate surface area is 132 Å². The molecular formula is C16H16FNO5. The molecule has 0 saturated carbocycles. The zero-order valence-corrected chi connectivity index (χ0v) is 12.7. The molecule has 0 radical (unpaired) electrons. The zero-order chi connectivity index (χ0) is 17.0. The Kier molecular flexibility index (Phi) is 5.13. The van der Waals surface area contributed by atoms with Crippen molar-refractivity contribution in [1.82, 2.24) is 0 Å². The molecule has 0 amide bonds. The molecule has 0 bridgehead atoms. The lowest BCUT2D eigenvalue weighted by molar-refractivity contribution is -0.385. The van der Waals surface area contributed by atoms with Crippen LogP contribution in [0, 0.1) is 22.9 Å². The second-order valence-electron chi connectivity index (χ2n) is 4.93. The number of halogens is 1. The third kappa shape index (κ3) is 3.95. The van der Waals surface area contributed by atoms with Crippen LogP contribution < -0.4 is 9.47 Å². The number of methoxy groups -OCH3 is 1. The number of rotatable bonds is 6. The van der Waals surface area contributed by atoms with Gasteiger partial charge in [-0.25, -0.2) is 4.39 Å². The minimum absolute atomic E-state index is 0.0800. The molecule has 2 aromatic carbocycles. The van der Waals surface area contributed by atoms with E-state index < -0.39 is 16.8 Å². The van der Waals surface area contributed by atoms with E-state index in [-0.39, 0.29) is 18.0 Å². The molecule has 122 valence electrons. The molecule has 1 atom stereocenters. The van der Waals surface area contributed by atoms with Gasteiger partial charge in [-0.05, 0) is 36.2 Å². The summed E-state index contributed by atoms with van der Waals surface area (Å²) in [7, 11) is 1.35. The number of hydrogen-bond donors (Lipinski definition) is 1. The van der Waals surface area contributed by atoms with Crippen LogP contribution in [-0.4, -0.2) is 23.7 Å². The quantitative estimate of drug-likeness (QED) is 0.653. The van der Waals surface area contributed by atoms with Gasteiger partial charge in [-0.2, -0.15) is 0 Å². The van der Waals surface area contributed by atoms with Crippen LogP contribution >= 0.6 is 0 Å². The van der Waals surface area contributed by atoms with Crippen molar-refractivity contribution in [3.8, 4) is 11.5 Å². The highest BCUT2D eigenvalue weighted by Crippen LogP contribution is 2.26. The second-order valence-corrected chi connectivity index (χ2v) is 4.93. The van der Waals surface area contributed by atoms with Gasteiger partial charge in [0.2, 0.25) is 0 Å². The van der Waals surface area contributed by atoms with Crippen molar-refractivity contribution in [1.29, 1.82) is 0 Å². The second kappa shape index (κ2) is 7.06. The Bertz CT molecular complexity index is 720. The summed E-state index contributed by atoms with van der Waals surface area (Å²) in [6.07, 6.45) is -1.07.